The summed E-state index contributed by atoms with van der Waals surface area (Å²) in [4.78, 5) is 38.9. The Morgan fingerprint density at radius 3 is 2.49 bits per heavy atom. The summed E-state index contributed by atoms with van der Waals surface area (Å²) >= 11 is 0. The Morgan fingerprint density at radius 2 is 1.78 bits per heavy atom. The van der Waals surface area contributed by atoms with E-state index in [1.807, 2.05) is 55.7 Å². The number of benzene rings is 1. The molecule has 4 heterocycles. The van der Waals surface area contributed by atoms with Crippen molar-refractivity contribution in [2.24, 2.45) is 7.05 Å². The monoisotopic (exact) mass is 497 g/mol. The first-order valence-corrected chi connectivity index (χ1v) is 12.7. The van der Waals surface area contributed by atoms with E-state index in [4.69, 9.17) is 0 Å². The molecule has 0 saturated carbocycles. The molecule has 4 aromatic rings. The molecule has 1 saturated heterocycles. The Labute approximate surface area is 214 Å². The highest BCUT2D eigenvalue weighted by Crippen LogP contribution is 2.32. The van der Waals surface area contributed by atoms with Crippen LogP contribution in [0.1, 0.15) is 50.2 Å². The molecule has 0 bridgehead atoms. The number of hydrogen-bond acceptors (Lipinski definition) is 6. The van der Waals surface area contributed by atoms with Crippen LogP contribution in [-0.4, -0.2) is 36.8 Å². The molecule has 1 aliphatic heterocycles. The zero-order valence-electron chi connectivity index (χ0n) is 21.8. The van der Waals surface area contributed by atoms with Gasteiger partial charge in [-0.25, -0.2) is 14.8 Å². The van der Waals surface area contributed by atoms with Crippen molar-refractivity contribution in [3.05, 3.63) is 73.8 Å². The van der Waals surface area contributed by atoms with Gasteiger partial charge in [0.15, 0.2) is 0 Å². The van der Waals surface area contributed by atoms with Crippen molar-refractivity contribution in [3.63, 3.8) is 0 Å². The van der Waals surface area contributed by atoms with Crippen molar-refractivity contribution in [1.82, 2.24) is 23.7 Å². The second-order valence-electron chi connectivity index (χ2n) is 9.92. The number of para-hydroxylation sites is 1. The number of aryl methyl sites for hydroxylation is 2. The van der Waals surface area contributed by atoms with E-state index in [-0.39, 0.29) is 6.54 Å². The minimum atomic E-state index is -0.493. The van der Waals surface area contributed by atoms with Crippen LogP contribution in [0.5, 0.6) is 0 Å². The number of hydrogen-bond donors (Lipinski definition) is 0. The van der Waals surface area contributed by atoms with Crippen molar-refractivity contribution in [1.29, 1.82) is 5.26 Å². The van der Waals surface area contributed by atoms with Crippen molar-refractivity contribution < 1.29 is 0 Å². The van der Waals surface area contributed by atoms with Crippen LogP contribution in [0.3, 0.4) is 0 Å². The van der Waals surface area contributed by atoms with Crippen molar-refractivity contribution in [3.8, 4) is 6.07 Å². The third-order valence-electron chi connectivity index (χ3n) is 7.10. The molecule has 190 valence electrons. The van der Waals surface area contributed by atoms with Gasteiger partial charge in [-0.2, -0.15) is 5.26 Å². The second-order valence-corrected chi connectivity index (χ2v) is 9.92. The Bertz CT molecular complexity index is 1710. The maximum absolute atomic E-state index is 14.0. The molecular formula is C28H31N7O2. The van der Waals surface area contributed by atoms with E-state index in [2.05, 4.69) is 20.9 Å². The first-order valence-electron chi connectivity index (χ1n) is 12.7. The number of piperidine rings is 1. The van der Waals surface area contributed by atoms with Gasteiger partial charge in [0, 0.05) is 37.8 Å². The highest BCUT2D eigenvalue weighted by molar-refractivity contribution is 5.90. The maximum Gasteiger partial charge on any atom is 0.331 e. The van der Waals surface area contributed by atoms with Gasteiger partial charge in [0.05, 0.1) is 17.6 Å². The van der Waals surface area contributed by atoms with Gasteiger partial charge in [-0.15, -0.1) is 0 Å². The molecule has 9 heteroatoms. The summed E-state index contributed by atoms with van der Waals surface area (Å²) < 4.78 is 4.53. The Hall–Kier alpha value is -4.19. The number of aromatic nitrogens is 5. The van der Waals surface area contributed by atoms with E-state index >= 15 is 0 Å². The number of rotatable bonds is 5. The van der Waals surface area contributed by atoms with E-state index in [1.54, 1.807) is 7.05 Å². The molecule has 0 aliphatic carbocycles. The molecule has 37 heavy (non-hydrogen) atoms. The second kappa shape index (κ2) is 9.69. The lowest BCUT2D eigenvalue weighted by Gasteiger charge is -2.30. The van der Waals surface area contributed by atoms with Gasteiger partial charge in [-0.1, -0.05) is 29.8 Å². The highest BCUT2D eigenvalue weighted by Gasteiger charge is 2.28. The van der Waals surface area contributed by atoms with Crippen LogP contribution in [0.4, 0.5) is 5.82 Å². The summed E-state index contributed by atoms with van der Waals surface area (Å²) in [5.74, 6) is 1.12. The first kappa shape index (κ1) is 24.5. The van der Waals surface area contributed by atoms with Gasteiger partial charge in [0.1, 0.15) is 28.8 Å². The van der Waals surface area contributed by atoms with Crippen molar-refractivity contribution in [2.75, 3.05) is 18.0 Å². The molecule has 1 fully saturated rings. The largest absolute Gasteiger partial charge is 0.357 e. The summed E-state index contributed by atoms with van der Waals surface area (Å²) in [5.41, 5.74) is 2.85. The minimum absolute atomic E-state index is 0.0537. The number of nitriles is 1. The SMILES string of the molecule is CC(C)=CCn1c(N2CCCCC2)c(C#N)c2c1c(=O)n(Cc1nc(C)c3ccccc3n1)c(=O)n2C. The van der Waals surface area contributed by atoms with Crippen molar-refractivity contribution in [2.45, 2.75) is 53.1 Å². The predicted octanol–water partition coefficient (Wildman–Crippen LogP) is 3.63. The number of anilines is 1. The van der Waals surface area contributed by atoms with E-state index in [9.17, 15) is 14.9 Å². The van der Waals surface area contributed by atoms with Crippen LogP contribution in [0.15, 0.2) is 45.5 Å². The van der Waals surface area contributed by atoms with Gasteiger partial charge < -0.3 is 9.47 Å². The van der Waals surface area contributed by atoms with Crippen LogP contribution < -0.4 is 16.1 Å². The first-order chi connectivity index (χ1) is 17.8. The third-order valence-corrected chi connectivity index (χ3v) is 7.10. The fraction of sp³-hybridized carbons (Fsp3) is 0.393. The average molecular weight is 498 g/mol. The standard InChI is InChI=1S/C28H31N7O2/c1-18(2)12-15-34-25-24(21(16-29)26(34)33-13-8-5-9-14-33)32(4)28(37)35(27(25)36)17-23-30-19(3)20-10-6-7-11-22(20)31-23/h6-7,10-12H,5,8-9,13-15,17H2,1-4H3. The van der Waals surface area contributed by atoms with Crippen LogP contribution in [0.25, 0.3) is 21.9 Å². The number of fused-ring (bicyclic) bond motifs is 2. The van der Waals surface area contributed by atoms with Crippen LogP contribution in [0.2, 0.25) is 0 Å². The zero-order valence-corrected chi connectivity index (χ0v) is 21.8. The predicted molar refractivity (Wildman–Crippen MR) is 145 cm³/mol. The molecule has 0 spiro atoms. The Morgan fingerprint density at radius 1 is 1.05 bits per heavy atom. The topological polar surface area (TPSA) is 102 Å². The Balaban J connectivity index is 1.77. The Kier molecular flexibility index (Phi) is 6.42. The van der Waals surface area contributed by atoms with Crippen molar-refractivity contribution >= 4 is 27.8 Å². The molecule has 0 amide bonds. The van der Waals surface area contributed by atoms with Gasteiger partial charge in [-0.05, 0) is 46.1 Å². The lowest BCUT2D eigenvalue weighted by atomic mass is 10.1. The molecule has 0 unspecified atom stereocenters. The molecule has 1 aliphatic rings. The maximum atomic E-state index is 14.0. The van der Waals surface area contributed by atoms with Crippen LogP contribution >= 0.6 is 0 Å². The molecule has 0 N–H and O–H groups in total. The molecule has 0 atom stereocenters. The van der Waals surface area contributed by atoms with Gasteiger partial charge in [-0.3, -0.25) is 13.9 Å². The summed E-state index contributed by atoms with van der Waals surface area (Å²) in [6.45, 7) is 7.91. The molecular weight excluding hydrogens is 466 g/mol. The third kappa shape index (κ3) is 4.22. The van der Waals surface area contributed by atoms with Crippen LogP contribution in [0, 0.1) is 18.3 Å². The fourth-order valence-corrected chi connectivity index (χ4v) is 5.26. The number of allylic oxidation sites excluding steroid dienone is 2. The lowest BCUT2D eigenvalue weighted by Crippen LogP contribution is -2.40. The van der Waals surface area contributed by atoms with Gasteiger partial charge in [0.25, 0.3) is 5.56 Å². The smallest absolute Gasteiger partial charge is 0.331 e. The fourth-order valence-electron chi connectivity index (χ4n) is 5.26. The van der Waals surface area contributed by atoms with E-state index < -0.39 is 11.2 Å². The lowest BCUT2D eigenvalue weighted by molar-refractivity contribution is 0.565. The molecule has 0 radical (unpaired) electrons. The zero-order chi connectivity index (χ0) is 26.3. The molecule has 3 aromatic heterocycles. The molecule has 9 nitrogen and oxygen atoms in total. The van der Waals surface area contributed by atoms with E-state index in [0.717, 1.165) is 60.3 Å². The van der Waals surface area contributed by atoms with E-state index in [1.165, 1.54) is 9.13 Å². The quantitative estimate of drug-likeness (QED) is 0.390. The highest BCUT2D eigenvalue weighted by atomic mass is 16.2. The van der Waals surface area contributed by atoms with E-state index in [0.29, 0.717) is 29.0 Å². The normalized spacial score (nSPS) is 13.8. The summed E-state index contributed by atoms with van der Waals surface area (Å²) in [6, 6.07) is 10.00. The van der Waals surface area contributed by atoms with Crippen LogP contribution in [-0.2, 0) is 20.1 Å². The summed E-state index contributed by atoms with van der Waals surface area (Å²) in [6.07, 6.45) is 5.23. The molecule has 5 rings (SSSR count). The minimum Gasteiger partial charge on any atom is -0.357 e. The van der Waals surface area contributed by atoms with Gasteiger partial charge >= 0.3 is 5.69 Å². The molecule has 1 aromatic carbocycles. The number of nitrogens with zero attached hydrogens (tertiary/aromatic N) is 7. The van der Waals surface area contributed by atoms with Gasteiger partial charge in [0.2, 0.25) is 0 Å². The average Bonchev–Trinajstić information content (AvgIpc) is 3.23. The summed E-state index contributed by atoms with van der Waals surface area (Å²) in [5, 5.41) is 11.2. The summed E-state index contributed by atoms with van der Waals surface area (Å²) in [7, 11) is 1.62.